The van der Waals surface area contributed by atoms with Crippen molar-refractivity contribution in [1.29, 1.82) is 0 Å². The summed E-state index contributed by atoms with van der Waals surface area (Å²) >= 11 is 0. The summed E-state index contributed by atoms with van der Waals surface area (Å²) in [4.78, 5) is 15.2. The Morgan fingerprint density at radius 3 is 1.61 bits per heavy atom. The van der Waals surface area contributed by atoms with Gasteiger partial charge in [0.2, 0.25) is 0 Å². The lowest BCUT2D eigenvalue weighted by atomic mass is 9.99. The Hall–Kier alpha value is -7.63. The molecule has 0 aliphatic heterocycles. The van der Waals surface area contributed by atoms with Crippen molar-refractivity contribution in [3.05, 3.63) is 194 Å². The van der Waals surface area contributed by atoms with Crippen molar-refractivity contribution in [2.75, 3.05) is 0 Å². The monoisotopic (exact) mass is 716 g/mol. The predicted octanol–water partition coefficient (Wildman–Crippen LogP) is 13.2. The molecule has 0 saturated heterocycles. The summed E-state index contributed by atoms with van der Waals surface area (Å²) in [7, 11) is 0. The highest BCUT2D eigenvalue weighted by molar-refractivity contribution is 6.14. The van der Waals surface area contributed by atoms with Crippen molar-refractivity contribution in [3.8, 4) is 62.1 Å². The van der Waals surface area contributed by atoms with Gasteiger partial charge in [-0.2, -0.15) is 0 Å². The highest BCUT2D eigenvalue weighted by atomic mass is 16.3. The molecule has 0 amide bonds. The highest BCUT2D eigenvalue weighted by Crippen LogP contribution is 2.40. The van der Waals surface area contributed by atoms with Crippen LogP contribution in [0.3, 0.4) is 0 Å². The van der Waals surface area contributed by atoms with Crippen molar-refractivity contribution < 1.29 is 4.42 Å². The molecule has 3 heterocycles. The lowest BCUT2D eigenvalue weighted by molar-refractivity contribution is 0.668. The largest absolute Gasteiger partial charge is 0.456 e. The van der Waals surface area contributed by atoms with Crippen LogP contribution in [-0.4, -0.2) is 19.5 Å². The van der Waals surface area contributed by atoms with Gasteiger partial charge < -0.3 is 8.98 Å². The van der Waals surface area contributed by atoms with Crippen LogP contribution in [0, 0.1) is 0 Å². The average Bonchev–Trinajstić information content (AvgIpc) is 3.82. The maximum atomic E-state index is 6.57. The summed E-state index contributed by atoms with van der Waals surface area (Å²) in [6, 6.07) is 67.4. The molecule has 0 fully saturated rings. The van der Waals surface area contributed by atoms with E-state index < -0.39 is 0 Å². The van der Waals surface area contributed by atoms with Gasteiger partial charge in [-0.1, -0.05) is 158 Å². The van der Waals surface area contributed by atoms with Gasteiger partial charge in [0.05, 0.1) is 11.0 Å². The van der Waals surface area contributed by atoms with E-state index >= 15 is 0 Å². The number of benzene rings is 8. The van der Waals surface area contributed by atoms with Gasteiger partial charge in [-0.05, 0) is 52.6 Å². The van der Waals surface area contributed by atoms with Crippen LogP contribution in [0.15, 0.2) is 199 Å². The van der Waals surface area contributed by atoms with Crippen molar-refractivity contribution in [2.24, 2.45) is 0 Å². The average molecular weight is 717 g/mol. The molecule has 262 valence electrons. The first-order chi connectivity index (χ1) is 27.7. The van der Waals surface area contributed by atoms with Gasteiger partial charge >= 0.3 is 0 Å². The van der Waals surface area contributed by atoms with Crippen LogP contribution in [0.5, 0.6) is 0 Å². The summed E-state index contributed by atoms with van der Waals surface area (Å²) in [5, 5.41) is 4.53. The molecule has 56 heavy (non-hydrogen) atoms. The first kappa shape index (κ1) is 31.9. The van der Waals surface area contributed by atoms with E-state index in [9.17, 15) is 0 Å². The highest BCUT2D eigenvalue weighted by Gasteiger charge is 2.19. The number of hydrogen-bond donors (Lipinski definition) is 0. The molecule has 3 aromatic heterocycles. The van der Waals surface area contributed by atoms with Crippen molar-refractivity contribution >= 4 is 43.7 Å². The number of fused-ring (bicyclic) bond motifs is 6. The van der Waals surface area contributed by atoms with Crippen LogP contribution in [-0.2, 0) is 0 Å². The van der Waals surface area contributed by atoms with E-state index in [-0.39, 0.29) is 0 Å². The quantitative estimate of drug-likeness (QED) is 0.172. The van der Waals surface area contributed by atoms with Crippen molar-refractivity contribution in [1.82, 2.24) is 19.5 Å². The standard InChI is InChI=1S/C51H32N4O/c1-4-13-33(14-5-1)34-23-25-37(26-24-34)50-52-49(36-17-8-3-9-18-36)53-51(54-50)38-27-29-42-41-19-10-11-21-44(41)55(45(42)31-38)39-28-30-43-47(32-39)56-46-22-12-20-40(48(43)46)35-15-6-2-7-16-35/h1-32H. The third-order valence-corrected chi connectivity index (χ3v) is 10.7. The molecule has 0 spiro atoms. The Morgan fingerprint density at radius 2 is 0.875 bits per heavy atom. The fourth-order valence-corrected chi connectivity index (χ4v) is 7.99. The minimum atomic E-state index is 0.612. The molecule has 8 aromatic carbocycles. The molecule has 0 aliphatic carbocycles. The van der Waals surface area contributed by atoms with Gasteiger partial charge in [-0.25, -0.2) is 15.0 Å². The maximum absolute atomic E-state index is 6.57. The third-order valence-electron chi connectivity index (χ3n) is 10.7. The molecular weight excluding hydrogens is 685 g/mol. The Bertz CT molecular complexity index is 3220. The van der Waals surface area contributed by atoms with E-state index in [0.29, 0.717) is 17.5 Å². The van der Waals surface area contributed by atoms with Crippen LogP contribution in [0.25, 0.3) is 106 Å². The van der Waals surface area contributed by atoms with Gasteiger partial charge in [0, 0.05) is 50.0 Å². The normalized spacial score (nSPS) is 11.6. The molecule has 5 nitrogen and oxygen atoms in total. The van der Waals surface area contributed by atoms with Gasteiger partial charge in [0.1, 0.15) is 11.2 Å². The number of furan rings is 1. The zero-order chi connectivity index (χ0) is 37.0. The van der Waals surface area contributed by atoms with Crippen LogP contribution >= 0.6 is 0 Å². The number of hydrogen-bond acceptors (Lipinski definition) is 4. The van der Waals surface area contributed by atoms with Crippen molar-refractivity contribution in [3.63, 3.8) is 0 Å². The van der Waals surface area contributed by atoms with Crippen molar-refractivity contribution in [2.45, 2.75) is 0 Å². The Kier molecular flexibility index (Phi) is 7.42. The molecule has 0 aliphatic rings. The molecule has 0 atom stereocenters. The molecular formula is C51H32N4O. The predicted molar refractivity (Wildman–Crippen MR) is 229 cm³/mol. The minimum absolute atomic E-state index is 0.612. The summed E-state index contributed by atoms with van der Waals surface area (Å²) < 4.78 is 8.89. The lowest BCUT2D eigenvalue weighted by Crippen LogP contribution is -2.00. The smallest absolute Gasteiger partial charge is 0.164 e. The second kappa shape index (κ2) is 13.0. The van der Waals surface area contributed by atoms with E-state index in [4.69, 9.17) is 19.4 Å². The van der Waals surface area contributed by atoms with Crippen LogP contribution < -0.4 is 0 Å². The fraction of sp³-hybridized carbons (Fsp3) is 0. The topological polar surface area (TPSA) is 56.7 Å². The van der Waals surface area contributed by atoms with E-state index in [1.165, 1.54) is 16.5 Å². The van der Waals surface area contributed by atoms with E-state index in [0.717, 1.165) is 71.9 Å². The first-order valence-electron chi connectivity index (χ1n) is 18.8. The minimum Gasteiger partial charge on any atom is -0.456 e. The van der Waals surface area contributed by atoms with Crippen LogP contribution in [0.4, 0.5) is 0 Å². The van der Waals surface area contributed by atoms with E-state index in [1.54, 1.807) is 0 Å². The molecule has 0 radical (unpaired) electrons. The molecule has 11 aromatic rings. The fourth-order valence-electron chi connectivity index (χ4n) is 7.99. The number of nitrogens with zero attached hydrogens (tertiary/aromatic N) is 4. The molecule has 0 unspecified atom stereocenters. The van der Waals surface area contributed by atoms with E-state index in [2.05, 4.69) is 156 Å². The van der Waals surface area contributed by atoms with Gasteiger partial charge in [0.25, 0.3) is 0 Å². The number of rotatable bonds is 6. The van der Waals surface area contributed by atoms with Gasteiger partial charge in [0.15, 0.2) is 17.5 Å². The summed E-state index contributed by atoms with van der Waals surface area (Å²) in [6.45, 7) is 0. The molecule has 5 heteroatoms. The van der Waals surface area contributed by atoms with Gasteiger partial charge in [-0.3, -0.25) is 0 Å². The van der Waals surface area contributed by atoms with Crippen LogP contribution in [0.2, 0.25) is 0 Å². The Labute approximate surface area is 322 Å². The molecule has 0 bridgehead atoms. The number of para-hydroxylation sites is 1. The second-order valence-corrected chi connectivity index (χ2v) is 14.0. The summed E-state index contributed by atoms with van der Waals surface area (Å²) in [5.74, 6) is 1.86. The van der Waals surface area contributed by atoms with Crippen LogP contribution in [0.1, 0.15) is 0 Å². The van der Waals surface area contributed by atoms with Gasteiger partial charge in [-0.15, -0.1) is 0 Å². The van der Waals surface area contributed by atoms with E-state index in [1.807, 2.05) is 42.5 Å². The third kappa shape index (κ3) is 5.37. The summed E-state index contributed by atoms with van der Waals surface area (Å²) in [5.41, 5.74) is 12.3. The zero-order valence-electron chi connectivity index (χ0n) is 30.2. The Balaban J connectivity index is 1.08. The first-order valence-corrected chi connectivity index (χ1v) is 18.8. The SMILES string of the molecule is c1ccc(-c2ccc(-c3nc(-c4ccccc4)nc(-c4ccc5c6ccccc6n(-c6ccc7c(c6)oc6cccc(-c8ccccc8)c67)c5c4)n3)cc2)cc1. The Morgan fingerprint density at radius 1 is 0.339 bits per heavy atom. The molecule has 0 saturated carbocycles. The number of aromatic nitrogens is 4. The lowest BCUT2D eigenvalue weighted by Gasteiger charge is -2.11. The molecule has 0 N–H and O–H groups in total. The maximum Gasteiger partial charge on any atom is 0.164 e. The second-order valence-electron chi connectivity index (χ2n) is 14.0. The zero-order valence-corrected chi connectivity index (χ0v) is 30.2. The summed E-state index contributed by atoms with van der Waals surface area (Å²) in [6.07, 6.45) is 0. The molecule has 11 rings (SSSR count).